The molecule has 4 nitrogen and oxygen atoms in total. The van der Waals surface area contributed by atoms with E-state index in [1.165, 1.54) is 0 Å². The zero-order chi connectivity index (χ0) is 23.8. The summed E-state index contributed by atoms with van der Waals surface area (Å²) in [6.07, 6.45) is 0. The molecule has 0 radical (unpaired) electrons. The normalized spacial score (nSPS) is 11.4. The van der Waals surface area contributed by atoms with E-state index < -0.39 is 0 Å². The fourth-order valence-electron chi connectivity index (χ4n) is 2.87. The summed E-state index contributed by atoms with van der Waals surface area (Å²) in [6, 6.07) is 9.26. The zero-order valence-electron chi connectivity index (χ0n) is 20.3. The molecule has 0 amide bonds. The molecule has 2 aromatic rings. The number of aryl methyl sites for hydroxylation is 1. The molecule has 1 unspecified atom stereocenters. The number of ether oxygens (including phenoxy) is 3. The first-order valence-electron chi connectivity index (χ1n) is 11.2. The van der Waals surface area contributed by atoms with Crippen molar-refractivity contribution in [3.05, 3.63) is 46.5 Å². The molecular weight excluding hydrogens is 450 g/mol. The van der Waals surface area contributed by atoms with E-state index in [4.69, 9.17) is 25.8 Å². The van der Waals surface area contributed by atoms with Gasteiger partial charge in [-0.15, -0.1) is 0 Å². The number of halogens is 1. The summed E-state index contributed by atoms with van der Waals surface area (Å²) in [7, 11) is -0.182. The monoisotopic (exact) mass is 486 g/mol. The van der Waals surface area contributed by atoms with Crippen molar-refractivity contribution in [3.63, 3.8) is 0 Å². The van der Waals surface area contributed by atoms with Gasteiger partial charge in [0.05, 0.1) is 30.1 Å². The Morgan fingerprint density at radius 3 is 1.82 bits per heavy atom. The summed E-state index contributed by atoms with van der Waals surface area (Å²) in [4.78, 5) is 13.3. The maximum absolute atomic E-state index is 13.3. The maximum atomic E-state index is 13.3. The van der Waals surface area contributed by atoms with Crippen molar-refractivity contribution in [1.29, 1.82) is 0 Å². The third kappa shape index (κ3) is 9.54. The van der Waals surface area contributed by atoms with Crippen molar-refractivity contribution in [2.45, 2.75) is 48.5 Å². The van der Waals surface area contributed by atoms with Crippen LogP contribution in [-0.4, -0.2) is 44.2 Å². The molecule has 0 aromatic heterocycles. The summed E-state index contributed by atoms with van der Waals surface area (Å²) < 4.78 is 18.3. The topological polar surface area (TPSA) is 44.8 Å². The molecule has 0 saturated heterocycles. The number of carbonyl (C=O) groups excluding carboxylic acids is 1. The third-order valence-corrected chi connectivity index (χ3v) is 5.99. The molecule has 0 aliphatic carbocycles. The number of hydrogen-bond donors (Lipinski definition) is 0. The van der Waals surface area contributed by atoms with Gasteiger partial charge in [0.15, 0.2) is 5.52 Å². The van der Waals surface area contributed by atoms with Crippen molar-refractivity contribution in [2.75, 3.05) is 19.8 Å². The molecule has 0 fully saturated rings. The molecule has 2 rings (SSSR count). The average Bonchev–Trinajstić information content (AvgIpc) is 2.70. The number of rotatable bonds is 12. The molecule has 0 spiro atoms. The van der Waals surface area contributed by atoms with Gasteiger partial charge in [-0.25, -0.2) is 0 Å². The van der Waals surface area contributed by atoms with Crippen LogP contribution in [0.5, 0.6) is 17.2 Å². The summed E-state index contributed by atoms with van der Waals surface area (Å²) in [5.74, 6) is 3.03. The molecular formula is C26H37ClLiO4P. The Labute approximate surface area is 218 Å². The number of benzene rings is 2. The molecule has 0 aliphatic rings. The van der Waals surface area contributed by atoms with Crippen LogP contribution in [0.1, 0.15) is 57.5 Å². The van der Waals surface area contributed by atoms with Gasteiger partial charge in [0.25, 0.3) is 0 Å². The number of carbonyl (C=O) groups is 1. The first kappa shape index (κ1) is 29.9. The van der Waals surface area contributed by atoms with Gasteiger partial charge in [-0.3, -0.25) is 4.79 Å². The number of hydrogen-bond acceptors (Lipinski definition) is 4. The van der Waals surface area contributed by atoms with E-state index in [2.05, 4.69) is 41.5 Å². The SMILES string of the molecule is Cc1cccc(Cl)c1C(=O)Pc1c(OCC(C)C)cc(OCC(C)C)cc1OCC(C)C.[LiH]. The first-order chi connectivity index (χ1) is 15.1. The molecule has 178 valence electrons. The van der Waals surface area contributed by atoms with Gasteiger partial charge in [-0.2, -0.15) is 0 Å². The molecule has 0 saturated carbocycles. The minimum atomic E-state index is -0.182. The van der Waals surface area contributed by atoms with Crippen LogP contribution in [0.15, 0.2) is 30.3 Å². The van der Waals surface area contributed by atoms with E-state index in [0.29, 0.717) is 65.4 Å². The molecule has 0 aliphatic heterocycles. The van der Waals surface area contributed by atoms with E-state index in [9.17, 15) is 4.79 Å². The van der Waals surface area contributed by atoms with Crippen LogP contribution in [0.25, 0.3) is 0 Å². The predicted octanol–water partition coefficient (Wildman–Crippen LogP) is 6.25. The minimum absolute atomic E-state index is 0. The first-order valence-corrected chi connectivity index (χ1v) is 12.6. The summed E-state index contributed by atoms with van der Waals surface area (Å²) in [5, 5.41) is 1.22. The fraction of sp³-hybridized carbons (Fsp3) is 0.500. The van der Waals surface area contributed by atoms with E-state index in [1.54, 1.807) is 6.07 Å². The van der Waals surface area contributed by atoms with E-state index in [1.807, 2.05) is 31.2 Å². The Balaban J connectivity index is 0.00000544. The van der Waals surface area contributed by atoms with Crippen molar-refractivity contribution < 1.29 is 19.0 Å². The van der Waals surface area contributed by atoms with Gasteiger partial charge in [0.2, 0.25) is 0 Å². The predicted molar refractivity (Wildman–Crippen MR) is 143 cm³/mol. The molecule has 0 heterocycles. The van der Waals surface area contributed by atoms with Crippen LogP contribution < -0.4 is 19.5 Å². The second-order valence-corrected chi connectivity index (χ2v) is 10.9. The quantitative estimate of drug-likeness (QED) is 0.263. The summed E-state index contributed by atoms with van der Waals surface area (Å²) in [6.45, 7) is 16.1. The Morgan fingerprint density at radius 2 is 1.36 bits per heavy atom. The van der Waals surface area contributed by atoms with Gasteiger partial charge in [0.1, 0.15) is 17.2 Å². The zero-order valence-corrected chi connectivity index (χ0v) is 22.0. The fourth-order valence-corrected chi connectivity index (χ4v) is 4.48. The van der Waals surface area contributed by atoms with Crippen molar-refractivity contribution in [2.24, 2.45) is 17.8 Å². The summed E-state index contributed by atoms with van der Waals surface area (Å²) >= 11 is 6.37. The van der Waals surface area contributed by atoms with Crippen LogP contribution in [0.3, 0.4) is 0 Å². The van der Waals surface area contributed by atoms with Crippen molar-refractivity contribution in [3.8, 4) is 17.2 Å². The second kappa shape index (κ2) is 14.3. The van der Waals surface area contributed by atoms with Gasteiger partial charge in [-0.05, 0) is 44.9 Å². The van der Waals surface area contributed by atoms with E-state index in [-0.39, 0.29) is 33.0 Å². The molecule has 2 aromatic carbocycles. The Morgan fingerprint density at radius 1 is 0.879 bits per heavy atom. The van der Waals surface area contributed by atoms with Crippen LogP contribution in [0.2, 0.25) is 5.02 Å². The van der Waals surface area contributed by atoms with E-state index in [0.717, 1.165) is 10.9 Å². The van der Waals surface area contributed by atoms with Crippen LogP contribution in [0.4, 0.5) is 0 Å². The summed E-state index contributed by atoms with van der Waals surface area (Å²) in [5.41, 5.74) is 1.38. The third-order valence-electron chi connectivity index (χ3n) is 4.45. The molecule has 33 heavy (non-hydrogen) atoms. The van der Waals surface area contributed by atoms with Crippen LogP contribution in [0, 0.1) is 24.7 Å². The molecule has 7 heteroatoms. The average molecular weight is 487 g/mol. The Bertz CT molecular complexity index is 862. The van der Waals surface area contributed by atoms with Gasteiger partial charge < -0.3 is 14.2 Å². The van der Waals surface area contributed by atoms with Gasteiger partial charge in [0, 0.05) is 17.7 Å². The van der Waals surface area contributed by atoms with Crippen LogP contribution >= 0.6 is 20.2 Å². The standard InChI is InChI=1S/C26H36ClO4P.Li.H/c1-16(2)13-29-20-11-22(30-14-17(3)4)25(23(12-20)31-15-18(5)6)32-26(28)24-19(7)9-8-10-21(24)27;;/h8-12,16-18,32H,13-15H2,1-7H3;;. The molecule has 0 N–H and O–H groups in total. The van der Waals surface area contributed by atoms with Gasteiger partial charge in [-0.1, -0.05) is 65.3 Å². The Hall–Kier alpha value is -1.17. The van der Waals surface area contributed by atoms with Gasteiger partial charge >= 0.3 is 18.9 Å². The molecule has 1 atom stereocenters. The molecule has 0 bridgehead atoms. The van der Waals surface area contributed by atoms with E-state index >= 15 is 0 Å². The van der Waals surface area contributed by atoms with Crippen LogP contribution in [-0.2, 0) is 0 Å². The van der Waals surface area contributed by atoms with Crippen molar-refractivity contribution in [1.82, 2.24) is 0 Å². The Kier molecular flexibility index (Phi) is 12.9. The van der Waals surface area contributed by atoms with Crippen molar-refractivity contribution >= 4 is 49.9 Å². The second-order valence-electron chi connectivity index (χ2n) is 9.29.